The van der Waals surface area contributed by atoms with Crippen LogP contribution in [0.2, 0.25) is 0 Å². The third kappa shape index (κ3) is 2.62. The summed E-state index contributed by atoms with van der Waals surface area (Å²) >= 11 is 0. The first-order valence-corrected chi connectivity index (χ1v) is 7.60. The van der Waals surface area contributed by atoms with E-state index in [1.807, 2.05) is 19.1 Å². The minimum Gasteiger partial charge on any atom is -0.496 e. The average Bonchev–Trinajstić information content (AvgIpc) is 2.90. The Labute approximate surface area is 125 Å². The maximum Gasteiger partial charge on any atom is 0.230 e. The second kappa shape index (κ2) is 5.80. The lowest BCUT2D eigenvalue weighted by molar-refractivity contribution is 0.388. The zero-order valence-electron chi connectivity index (χ0n) is 12.7. The number of anilines is 1. The van der Waals surface area contributed by atoms with Crippen LogP contribution in [0.25, 0.3) is 11.1 Å². The molecule has 0 unspecified atom stereocenters. The summed E-state index contributed by atoms with van der Waals surface area (Å²) in [5, 5.41) is 4.25. The highest BCUT2D eigenvalue weighted by atomic mass is 16.5. The van der Waals surface area contributed by atoms with Crippen molar-refractivity contribution in [3.05, 3.63) is 29.5 Å². The molecule has 2 aromatic rings. The maximum atomic E-state index is 6.04. The van der Waals surface area contributed by atoms with Crippen molar-refractivity contribution in [3.63, 3.8) is 0 Å². The molecule has 1 aromatic heterocycles. The van der Waals surface area contributed by atoms with Crippen LogP contribution in [0.15, 0.2) is 22.7 Å². The van der Waals surface area contributed by atoms with Crippen molar-refractivity contribution in [1.29, 1.82) is 0 Å². The minimum atomic E-state index is 0.404. The van der Waals surface area contributed by atoms with Crippen molar-refractivity contribution in [3.8, 4) is 16.9 Å². The molecule has 1 saturated carbocycles. The van der Waals surface area contributed by atoms with Crippen molar-refractivity contribution in [2.45, 2.75) is 44.9 Å². The van der Waals surface area contributed by atoms with Crippen molar-refractivity contribution in [1.82, 2.24) is 5.16 Å². The summed E-state index contributed by atoms with van der Waals surface area (Å²) in [6.07, 6.45) is 6.17. The van der Waals surface area contributed by atoms with Crippen LogP contribution >= 0.6 is 0 Å². The summed E-state index contributed by atoms with van der Waals surface area (Å²) < 4.78 is 10.7. The summed E-state index contributed by atoms with van der Waals surface area (Å²) in [6.45, 7) is 2.03. The molecule has 1 aromatic carbocycles. The standard InChI is InChI=1S/C17H22N2O2/c1-11-8-9-13(10-14(11)20-2)15-16(19-21-17(15)18)12-6-4-3-5-7-12/h8-10,12H,3-7,18H2,1-2H3. The van der Waals surface area contributed by atoms with Crippen LogP contribution in [0.5, 0.6) is 5.75 Å². The smallest absolute Gasteiger partial charge is 0.230 e. The lowest BCUT2D eigenvalue weighted by Crippen LogP contribution is -2.06. The molecule has 4 nitrogen and oxygen atoms in total. The number of aromatic nitrogens is 1. The topological polar surface area (TPSA) is 61.3 Å². The van der Waals surface area contributed by atoms with E-state index in [1.54, 1.807) is 7.11 Å². The van der Waals surface area contributed by atoms with E-state index in [4.69, 9.17) is 15.0 Å². The Morgan fingerprint density at radius 1 is 1.24 bits per heavy atom. The van der Waals surface area contributed by atoms with Crippen molar-refractivity contribution in [2.24, 2.45) is 0 Å². The first-order chi connectivity index (χ1) is 10.2. The minimum absolute atomic E-state index is 0.404. The van der Waals surface area contributed by atoms with Crippen LogP contribution in [0.4, 0.5) is 5.88 Å². The fraction of sp³-hybridized carbons (Fsp3) is 0.471. The Bertz CT molecular complexity index is 628. The second-order valence-electron chi connectivity index (χ2n) is 5.83. The lowest BCUT2D eigenvalue weighted by Gasteiger charge is -2.20. The van der Waals surface area contributed by atoms with Crippen molar-refractivity contribution < 1.29 is 9.26 Å². The Morgan fingerprint density at radius 3 is 2.71 bits per heavy atom. The molecule has 0 bridgehead atoms. The third-order valence-corrected chi connectivity index (χ3v) is 4.43. The SMILES string of the molecule is COc1cc(-c2c(C3CCCCC3)noc2N)ccc1C. The summed E-state index contributed by atoms with van der Waals surface area (Å²) in [6, 6.07) is 6.13. The predicted molar refractivity (Wildman–Crippen MR) is 83.5 cm³/mol. The van der Waals surface area contributed by atoms with E-state index in [9.17, 15) is 0 Å². The maximum absolute atomic E-state index is 6.04. The molecule has 1 aliphatic rings. The average molecular weight is 286 g/mol. The van der Waals surface area contributed by atoms with E-state index in [1.165, 1.54) is 32.1 Å². The summed E-state index contributed by atoms with van der Waals surface area (Å²) in [4.78, 5) is 0. The third-order valence-electron chi connectivity index (χ3n) is 4.43. The number of benzene rings is 1. The normalized spacial score (nSPS) is 16.1. The molecule has 0 radical (unpaired) electrons. The van der Waals surface area contributed by atoms with E-state index in [0.29, 0.717) is 11.8 Å². The molecular formula is C17H22N2O2. The number of rotatable bonds is 3. The Morgan fingerprint density at radius 2 is 2.00 bits per heavy atom. The highest BCUT2D eigenvalue weighted by molar-refractivity contribution is 5.77. The fourth-order valence-electron chi connectivity index (χ4n) is 3.24. The van der Waals surface area contributed by atoms with Gasteiger partial charge < -0.3 is 15.0 Å². The number of nitrogens with zero attached hydrogens (tertiary/aromatic N) is 1. The summed E-state index contributed by atoms with van der Waals surface area (Å²) in [5.74, 6) is 1.73. The first kappa shape index (κ1) is 14.0. The number of nitrogen functional groups attached to an aromatic ring is 1. The number of hydrogen-bond acceptors (Lipinski definition) is 4. The van der Waals surface area contributed by atoms with E-state index >= 15 is 0 Å². The van der Waals surface area contributed by atoms with Crippen molar-refractivity contribution in [2.75, 3.05) is 12.8 Å². The van der Waals surface area contributed by atoms with Crippen LogP contribution in [-0.2, 0) is 0 Å². The molecule has 3 rings (SSSR count). The van der Waals surface area contributed by atoms with Gasteiger partial charge in [0.1, 0.15) is 5.75 Å². The number of nitrogens with two attached hydrogens (primary N) is 1. The Hall–Kier alpha value is -1.97. The lowest BCUT2D eigenvalue weighted by atomic mass is 9.84. The van der Waals surface area contributed by atoms with Gasteiger partial charge in [0.15, 0.2) is 0 Å². The van der Waals surface area contributed by atoms with Gasteiger partial charge in [0.25, 0.3) is 0 Å². The van der Waals surface area contributed by atoms with Crippen molar-refractivity contribution >= 4 is 5.88 Å². The van der Waals surface area contributed by atoms with Gasteiger partial charge >= 0.3 is 0 Å². The molecule has 0 saturated heterocycles. The van der Waals surface area contributed by atoms with E-state index < -0.39 is 0 Å². The molecular weight excluding hydrogens is 264 g/mol. The van der Waals surface area contributed by atoms with Gasteiger partial charge in [0, 0.05) is 5.92 Å². The van der Waals surface area contributed by atoms with E-state index in [0.717, 1.165) is 28.1 Å². The molecule has 112 valence electrons. The number of aryl methyl sites for hydroxylation is 1. The van der Waals surface area contributed by atoms with Gasteiger partial charge in [-0.3, -0.25) is 0 Å². The van der Waals surface area contributed by atoms with Gasteiger partial charge in [-0.25, -0.2) is 0 Å². The molecule has 0 aliphatic heterocycles. The molecule has 1 aliphatic carbocycles. The fourth-order valence-corrected chi connectivity index (χ4v) is 3.24. The van der Waals surface area contributed by atoms with Crippen LogP contribution in [-0.4, -0.2) is 12.3 Å². The molecule has 21 heavy (non-hydrogen) atoms. The summed E-state index contributed by atoms with van der Waals surface area (Å²) in [7, 11) is 1.69. The van der Waals surface area contributed by atoms with Crippen LogP contribution in [0, 0.1) is 6.92 Å². The van der Waals surface area contributed by atoms with E-state index in [2.05, 4.69) is 11.2 Å². The molecule has 1 heterocycles. The van der Waals surface area contributed by atoms with Crippen LogP contribution in [0.3, 0.4) is 0 Å². The molecule has 0 spiro atoms. The van der Waals surface area contributed by atoms with Gasteiger partial charge in [-0.2, -0.15) is 0 Å². The molecule has 0 amide bonds. The number of ether oxygens (including phenoxy) is 1. The highest BCUT2D eigenvalue weighted by Crippen LogP contribution is 2.41. The molecule has 0 atom stereocenters. The van der Waals surface area contributed by atoms with E-state index in [-0.39, 0.29) is 0 Å². The zero-order chi connectivity index (χ0) is 14.8. The quantitative estimate of drug-likeness (QED) is 0.914. The van der Waals surface area contributed by atoms with Gasteiger partial charge in [-0.05, 0) is 37.0 Å². The molecule has 1 fully saturated rings. The molecule has 2 N–H and O–H groups in total. The largest absolute Gasteiger partial charge is 0.496 e. The first-order valence-electron chi connectivity index (χ1n) is 7.60. The predicted octanol–water partition coefficient (Wildman–Crippen LogP) is 4.29. The monoisotopic (exact) mass is 286 g/mol. The highest BCUT2D eigenvalue weighted by Gasteiger charge is 2.25. The number of methoxy groups -OCH3 is 1. The zero-order valence-corrected chi connectivity index (χ0v) is 12.7. The van der Waals surface area contributed by atoms with Gasteiger partial charge in [0.2, 0.25) is 5.88 Å². The van der Waals surface area contributed by atoms with Gasteiger partial charge in [-0.1, -0.05) is 36.6 Å². The second-order valence-corrected chi connectivity index (χ2v) is 5.83. The summed E-state index contributed by atoms with van der Waals surface area (Å²) in [5.41, 5.74) is 10.1. The number of hydrogen-bond donors (Lipinski definition) is 1. The van der Waals surface area contributed by atoms with Crippen LogP contribution in [0.1, 0.15) is 49.3 Å². The Kier molecular flexibility index (Phi) is 3.86. The van der Waals surface area contributed by atoms with Gasteiger partial charge in [-0.15, -0.1) is 0 Å². The van der Waals surface area contributed by atoms with Crippen LogP contribution < -0.4 is 10.5 Å². The Balaban J connectivity index is 2.03. The van der Waals surface area contributed by atoms with Gasteiger partial charge in [0.05, 0.1) is 18.4 Å². The molecule has 4 heteroatoms.